The van der Waals surface area contributed by atoms with Gasteiger partial charge < -0.3 is 9.84 Å². The number of nitroso groups, excluding NO2 is 1. The smallest absolute Gasteiger partial charge is 0.339 e. The largest absolute Gasteiger partial charge is 0.484 e. The summed E-state index contributed by atoms with van der Waals surface area (Å²) in [5.41, 5.74) is -1.78. The van der Waals surface area contributed by atoms with E-state index in [0.29, 0.717) is 0 Å². The van der Waals surface area contributed by atoms with Gasteiger partial charge in [0.25, 0.3) is 0 Å². The minimum Gasteiger partial charge on any atom is -0.484 e. The first-order valence-electron chi connectivity index (χ1n) is 5.67. The lowest BCUT2D eigenvalue weighted by molar-refractivity contribution is -0.140. The maximum Gasteiger partial charge on any atom is 0.339 e. The first kappa shape index (κ1) is 15.5. The Morgan fingerprint density at radius 3 is 2.40 bits per heavy atom. The number of para-hydroxylation sites is 1. The van der Waals surface area contributed by atoms with Crippen molar-refractivity contribution in [2.45, 2.75) is 19.4 Å². The number of carbonyl (C=O) groups excluding carboxylic acids is 2. The second kappa shape index (κ2) is 6.05. The summed E-state index contributed by atoms with van der Waals surface area (Å²) in [5, 5.41) is 11.5. The molecule has 0 spiro atoms. The van der Waals surface area contributed by atoms with Crippen LogP contribution in [0.25, 0.3) is 0 Å². The second-order valence-electron chi connectivity index (χ2n) is 4.49. The van der Waals surface area contributed by atoms with Crippen LogP contribution in [0.4, 0.5) is 0 Å². The predicted molar refractivity (Wildman–Crippen MR) is 68.8 cm³/mol. The molecule has 0 fully saturated rings. The molecule has 0 amide bonds. The molecule has 0 unspecified atom stereocenters. The van der Waals surface area contributed by atoms with E-state index >= 15 is 0 Å². The van der Waals surface area contributed by atoms with E-state index in [9.17, 15) is 19.3 Å². The molecule has 0 aromatic heterocycles. The van der Waals surface area contributed by atoms with E-state index in [1.807, 2.05) is 0 Å². The number of nitrogens with zero attached hydrogens (tertiary/aromatic N) is 1. The number of carboxylic acids is 1. The van der Waals surface area contributed by atoms with Gasteiger partial charge in [0.1, 0.15) is 11.3 Å². The summed E-state index contributed by atoms with van der Waals surface area (Å²) in [7, 11) is 0. The molecule has 106 valence electrons. The van der Waals surface area contributed by atoms with Crippen LogP contribution in [0.3, 0.4) is 0 Å². The monoisotopic (exact) mass is 279 g/mol. The van der Waals surface area contributed by atoms with Gasteiger partial charge >= 0.3 is 5.97 Å². The number of hydrogen-bond donors (Lipinski definition) is 1. The Balaban J connectivity index is 2.78. The number of carbonyl (C=O) groups is 3. The zero-order valence-electron chi connectivity index (χ0n) is 11.0. The molecule has 0 atom stereocenters. The van der Waals surface area contributed by atoms with E-state index in [0.717, 1.165) is 0 Å². The zero-order valence-corrected chi connectivity index (χ0v) is 11.0. The van der Waals surface area contributed by atoms with E-state index in [1.54, 1.807) is 0 Å². The molecular weight excluding hydrogens is 266 g/mol. The number of hydrogen-bond acceptors (Lipinski definition) is 6. The Bertz CT molecular complexity index is 564. The maximum atomic E-state index is 11.6. The first-order chi connectivity index (χ1) is 9.29. The fourth-order valence-corrected chi connectivity index (χ4v) is 1.36. The number of Topliss-reactive ketones (excluding diaryl/α,β-unsaturated/α-hetero) is 2. The number of benzene rings is 1. The van der Waals surface area contributed by atoms with Gasteiger partial charge in [0.2, 0.25) is 11.6 Å². The minimum absolute atomic E-state index is 0.0296. The van der Waals surface area contributed by atoms with Crippen LogP contribution < -0.4 is 4.74 Å². The Labute approximate surface area is 114 Å². The van der Waals surface area contributed by atoms with Gasteiger partial charge in [-0.2, -0.15) is 0 Å². The van der Waals surface area contributed by atoms with Crippen LogP contribution >= 0.6 is 0 Å². The van der Waals surface area contributed by atoms with E-state index in [4.69, 9.17) is 9.84 Å². The van der Waals surface area contributed by atoms with E-state index in [-0.39, 0.29) is 11.3 Å². The molecule has 7 heteroatoms. The molecule has 1 N–H and O–H groups in total. The summed E-state index contributed by atoms with van der Waals surface area (Å²) in [6, 6.07) is 5.71. The fourth-order valence-electron chi connectivity index (χ4n) is 1.36. The number of rotatable bonds is 7. The molecule has 7 nitrogen and oxygen atoms in total. The first-order valence-corrected chi connectivity index (χ1v) is 5.67. The van der Waals surface area contributed by atoms with Crippen molar-refractivity contribution in [1.82, 2.24) is 0 Å². The Morgan fingerprint density at radius 1 is 1.25 bits per heavy atom. The molecule has 0 heterocycles. The van der Waals surface area contributed by atoms with Crippen molar-refractivity contribution in [3.05, 3.63) is 34.7 Å². The van der Waals surface area contributed by atoms with E-state index in [1.165, 1.54) is 38.1 Å². The molecule has 1 aromatic rings. The molecule has 0 radical (unpaired) electrons. The minimum atomic E-state index is -1.66. The molecule has 20 heavy (non-hydrogen) atoms. The van der Waals surface area contributed by atoms with E-state index in [2.05, 4.69) is 5.18 Å². The summed E-state index contributed by atoms with van der Waals surface area (Å²) in [4.78, 5) is 44.5. The summed E-state index contributed by atoms with van der Waals surface area (Å²) < 4.78 is 5.03. The highest BCUT2D eigenvalue weighted by Gasteiger charge is 2.34. The lowest BCUT2D eigenvalue weighted by atomic mass is 9.97. The highest BCUT2D eigenvalue weighted by molar-refractivity contribution is 6.41. The fraction of sp³-hybridized carbons (Fsp3) is 0.308. The van der Waals surface area contributed by atoms with Crippen molar-refractivity contribution in [2.24, 2.45) is 5.18 Å². The van der Waals surface area contributed by atoms with Gasteiger partial charge in [-0.05, 0) is 26.0 Å². The number of ketones is 2. The summed E-state index contributed by atoms with van der Waals surface area (Å²) in [6.45, 7) is 1.78. The number of ether oxygens (including phenoxy) is 1. The molecular formula is C13H13NO6. The van der Waals surface area contributed by atoms with Gasteiger partial charge in [0, 0.05) is 0 Å². The molecule has 0 aliphatic heterocycles. The van der Waals surface area contributed by atoms with Crippen molar-refractivity contribution in [3.63, 3.8) is 0 Å². The zero-order chi connectivity index (χ0) is 15.3. The highest BCUT2D eigenvalue weighted by Crippen LogP contribution is 2.18. The molecule has 0 bridgehead atoms. The normalized spacial score (nSPS) is 10.7. The quantitative estimate of drug-likeness (QED) is 0.597. The summed E-state index contributed by atoms with van der Waals surface area (Å²) in [5.74, 6) is -3.18. The van der Waals surface area contributed by atoms with Crippen molar-refractivity contribution in [2.75, 3.05) is 6.61 Å². The van der Waals surface area contributed by atoms with Crippen molar-refractivity contribution < 1.29 is 24.2 Å². The van der Waals surface area contributed by atoms with Crippen LogP contribution in [0.2, 0.25) is 0 Å². The molecule has 0 saturated heterocycles. The second-order valence-corrected chi connectivity index (χ2v) is 4.49. The Hall–Kier alpha value is -2.57. The summed E-state index contributed by atoms with van der Waals surface area (Å²) in [6.07, 6.45) is 0. The third kappa shape index (κ3) is 3.47. The van der Waals surface area contributed by atoms with Crippen molar-refractivity contribution >= 4 is 17.5 Å². The number of carboxylic acid groups (broad SMARTS) is 1. The lowest BCUT2D eigenvalue weighted by Gasteiger charge is -2.13. The standard InChI is InChI=1S/C13H13NO6/c1-13(2,14-19)11(16)9(15)7-20-10-6-4-3-5-8(10)12(17)18/h3-6H,7H2,1-2H3,(H,17,18). The molecule has 0 aliphatic carbocycles. The van der Waals surface area contributed by atoms with Crippen molar-refractivity contribution in [3.8, 4) is 5.75 Å². The van der Waals surface area contributed by atoms with Crippen LogP contribution in [0.1, 0.15) is 24.2 Å². The average molecular weight is 279 g/mol. The Morgan fingerprint density at radius 2 is 1.85 bits per heavy atom. The van der Waals surface area contributed by atoms with Crippen LogP contribution in [0.15, 0.2) is 29.4 Å². The molecule has 1 rings (SSSR count). The average Bonchev–Trinajstić information content (AvgIpc) is 2.43. The Kier molecular flexibility index (Phi) is 4.68. The van der Waals surface area contributed by atoms with Crippen LogP contribution in [-0.2, 0) is 9.59 Å². The summed E-state index contributed by atoms with van der Waals surface area (Å²) >= 11 is 0. The van der Waals surface area contributed by atoms with Gasteiger partial charge in [-0.1, -0.05) is 17.3 Å². The van der Waals surface area contributed by atoms with Gasteiger partial charge in [-0.3, -0.25) is 9.59 Å². The lowest BCUT2D eigenvalue weighted by Crippen LogP contribution is -2.38. The van der Waals surface area contributed by atoms with Crippen LogP contribution in [-0.4, -0.2) is 34.8 Å². The third-order valence-electron chi connectivity index (χ3n) is 2.51. The predicted octanol–water partition coefficient (Wildman–Crippen LogP) is 1.45. The van der Waals surface area contributed by atoms with E-state index < -0.39 is 29.7 Å². The molecule has 0 aliphatic rings. The topological polar surface area (TPSA) is 110 Å². The number of aromatic carboxylic acids is 1. The van der Waals surface area contributed by atoms with Crippen LogP contribution in [0, 0.1) is 4.91 Å². The maximum absolute atomic E-state index is 11.6. The van der Waals surface area contributed by atoms with Gasteiger partial charge in [-0.15, -0.1) is 4.91 Å². The van der Waals surface area contributed by atoms with Gasteiger partial charge in [0.15, 0.2) is 12.1 Å². The van der Waals surface area contributed by atoms with Crippen LogP contribution in [0.5, 0.6) is 5.75 Å². The third-order valence-corrected chi connectivity index (χ3v) is 2.51. The molecule has 1 aromatic carbocycles. The highest BCUT2D eigenvalue weighted by atomic mass is 16.5. The molecule has 0 saturated carbocycles. The SMILES string of the molecule is CC(C)(N=O)C(=O)C(=O)COc1ccccc1C(=O)O. The van der Waals surface area contributed by atoms with Gasteiger partial charge in [-0.25, -0.2) is 4.79 Å². The van der Waals surface area contributed by atoms with Gasteiger partial charge in [0.05, 0.1) is 0 Å². The van der Waals surface area contributed by atoms with Crippen molar-refractivity contribution in [1.29, 1.82) is 0 Å².